The minimum Gasteiger partial charge on any atom is -0.444 e. The molecule has 4 heteroatoms. The van der Waals surface area contributed by atoms with Gasteiger partial charge in [-0.25, -0.2) is 4.79 Å². The van der Waals surface area contributed by atoms with E-state index >= 15 is 0 Å². The van der Waals surface area contributed by atoms with Crippen LogP contribution in [0.15, 0.2) is 0 Å². The lowest BCUT2D eigenvalue weighted by Gasteiger charge is -2.60. The predicted octanol–water partition coefficient (Wildman–Crippen LogP) is 2.70. The predicted molar refractivity (Wildman–Crippen MR) is 76.2 cm³/mol. The molecule has 0 aliphatic heterocycles. The number of aliphatic hydroxyl groups is 1. The van der Waals surface area contributed by atoms with Crippen molar-refractivity contribution >= 4 is 6.09 Å². The fraction of sp³-hybridized carbons (Fsp3) is 0.938. The van der Waals surface area contributed by atoms with Crippen molar-refractivity contribution in [2.24, 2.45) is 23.7 Å². The SMILES string of the molecule is CC(C)(C)OC(=O)NC1(CO)C2CC3CC(C2)CC1C3. The third-order valence-corrected chi connectivity index (χ3v) is 5.59. The second kappa shape index (κ2) is 4.62. The summed E-state index contributed by atoms with van der Waals surface area (Å²) in [5.41, 5.74) is -0.928. The number of aliphatic hydroxyl groups excluding tert-OH is 1. The summed E-state index contributed by atoms with van der Waals surface area (Å²) in [6.45, 7) is 5.65. The van der Waals surface area contributed by atoms with Crippen LogP contribution in [0.2, 0.25) is 0 Å². The summed E-state index contributed by atoms with van der Waals surface area (Å²) in [7, 11) is 0. The van der Waals surface area contributed by atoms with Gasteiger partial charge in [-0.15, -0.1) is 0 Å². The van der Waals surface area contributed by atoms with Gasteiger partial charge >= 0.3 is 6.09 Å². The van der Waals surface area contributed by atoms with Crippen molar-refractivity contribution < 1.29 is 14.6 Å². The van der Waals surface area contributed by atoms with E-state index in [1.54, 1.807) is 0 Å². The van der Waals surface area contributed by atoms with Crippen LogP contribution in [-0.2, 0) is 4.74 Å². The van der Waals surface area contributed by atoms with E-state index in [-0.39, 0.29) is 12.7 Å². The van der Waals surface area contributed by atoms with Gasteiger partial charge in [0, 0.05) is 0 Å². The molecule has 114 valence electrons. The molecule has 1 amide bonds. The molecule has 4 nitrogen and oxygen atoms in total. The van der Waals surface area contributed by atoms with Crippen molar-refractivity contribution in [1.82, 2.24) is 5.32 Å². The summed E-state index contributed by atoms with van der Waals surface area (Å²) in [6, 6.07) is 0. The number of carbonyl (C=O) groups is 1. The van der Waals surface area contributed by atoms with Gasteiger partial charge in [-0.3, -0.25) is 0 Å². The van der Waals surface area contributed by atoms with Crippen molar-refractivity contribution in [2.75, 3.05) is 6.61 Å². The van der Waals surface area contributed by atoms with Gasteiger partial charge in [0.2, 0.25) is 0 Å². The average molecular weight is 281 g/mol. The Labute approximate surface area is 121 Å². The lowest BCUT2D eigenvalue weighted by molar-refractivity contribution is -0.0953. The molecule has 4 aliphatic rings. The van der Waals surface area contributed by atoms with E-state index < -0.39 is 11.1 Å². The molecule has 0 aromatic rings. The second-order valence-electron chi connectivity index (χ2n) is 8.13. The number of alkyl carbamates (subject to hydrolysis) is 1. The molecule has 4 saturated carbocycles. The number of hydrogen-bond donors (Lipinski definition) is 2. The summed E-state index contributed by atoms with van der Waals surface area (Å²) >= 11 is 0. The Kier molecular flexibility index (Phi) is 3.27. The highest BCUT2D eigenvalue weighted by Gasteiger charge is 2.57. The van der Waals surface area contributed by atoms with Crippen molar-refractivity contribution in [3.63, 3.8) is 0 Å². The van der Waals surface area contributed by atoms with Crippen LogP contribution in [0, 0.1) is 23.7 Å². The van der Waals surface area contributed by atoms with Gasteiger partial charge < -0.3 is 15.2 Å². The maximum Gasteiger partial charge on any atom is 0.408 e. The van der Waals surface area contributed by atoms with Gasteiger partial charge in [0.15, 0.2) is 0 Å². The first-order chi connectivity index (χ1) is 9.32. The molecule has 0 unspecified atom stereocenters. The number of rotatable bonds is 2. The number of nitrogens with one attached hydrogen (secondary N) is 1. The molecule has 4 bridgehead atoms. The van der Waals surface area contributed by atoms with Gasteiger partial charge in [0.05, 0.1) is 12.1 Å². The molecule has 4 rings (SSSR count). The van der Waals surface area contributed by atoms with Gasteiger partial charge in [0.25, 0.3) is 0 Å². The lowest BCUT2D eigenvalue weighted by atomic mass is 9.48. The standard InChI is InChI=1S/C16H27NO3/c1-15(2,3)20-14(19)17-16(9-18)12-5-10-4-11(7-12)8-13(16)6-10/h10-13,18H,4-9H2,1-3H3,(H,17,19). The van der Waals surface area contributed by atoms with E-state index in [2.05, 4.69) is 5.32 Å². The first-order valence-corrected chi connectivity index (χ1v) is 7.94. The molecule has 0 heterocycles. The van der Waals surface area contributed by atoms with E-state index in [1.165, 1.54) is 6.42 Å². The lowest BCUT2D eigenvalue weighted by Crippen LogP contribution is -2.68. The summed E-state index contributed by atoms with van der Waals surface area (Å²) < 4.78 is 5.41. The largest absolute Gasteiger partial charge is 0.444 e. The van der Waals surface area contributed by atoms with Crippen molar-refractivity contribution in [2.45, 2.75) is 64.0 Å². The van der Waals surface area contributed by atoms with E-state index in [1.807, 2.05) is 20.8 Å². The first-order valence-electron chi connectivity index (χ1n) is 7.94. The minimum absolute atomic E-state index is 0.0427. The Morgan fingerprint density at radius 3 is 2.05 bits per heavy atom. The van der Waals surface area contributed by atoms with Crippen LogP contribution in [0.4, 0.5) is 4.79 Å². The van der Waals surface area contributed by atoms with Crippen molar-refractivity contribution in [3.05, 3.63) is 0 Å². The van der Waals surface area contributed by atoms with E-state index in [4.69, 9.17) is 4.74 Å². The van der Waals surface area contributed by atoms with E-state index in [0.717, 1.165) is 37.5 Å². The summed E-state index contributed by atoms with van der Waals surface area (Å²) in [4.78, 5) is 12.2. The molecule has 0 atom stereocenters. The minimum atomic E-state index is -0.493. The molecule has 0 saturated heterocycles. The van der Waals surface area contributed by atoms with Gasteiger partial charge in [0.1, 0.15) is 5.60 Å². The zero-order valence-electron chi connectivity index (χ0n) is 12.8. The molecule has 0 aromatic heterocycles. The second-order valence-corrected chi connectivity index (χ2v) is 8.13. The van der Waals surface area contributed by atoms with Crippen molar-refractivity contribution in [3.8, 4) is 0 Å². The Balaban J connectivity index is 1.76. The summed E-state index contributed by atoms with van der Waals surface area (Å²) in [5.74, 6) is 2.49. The van der Waals surface area contributed by atoms with Gasteiger partial charge in [-0.2, -0.15) is 0 Å². The monoisotopic (exact) mass is 281 g/mol. The van der Waals surface area contributed by atoms with Gasteiger partial charge in [-0.05, 0) is 76.5 Å². The highest BCUT2D eigenvalue weighted by molar-refractivity contribution is 5.69. The molecule has 4 fully saturated rings. The van der Waals surface area contributed by atoms with Crippen LogP contribution in [0.1, 0.15) is 52.9 Å². The smallest absolute Gasteiger partial charge is 0.408 e. The summed E-state index contributed by atoms with van der Waals surface area (Å²) in [5, 5.41) is 13.1. The van der Waals surface area contributed by atoms with E-state index in [9.17, 15) is 9.90 Å². The molecule has 20 heavy (non-hydrogen) atoms. The molecular weight excluding hydrogens is 254 g/mol. The number of amides is 1. The van der Waals surface area contributed by atoms with E-state index in [0.29, 0.717) is 11.8 Å². The zero-order valence-corrected chi connectivity index (χ0v) is 12.8. The van der Waals surface area contributed by atoms with Gasteiger partial charge in [-0.1, -0.05) is 0 Å². The average Bonchev–Trinajstić information content (AvgIpc) is 2.30. The fourth-order valence-electron chi connectivity index (χ4n) is 5.02. The number of hydrogen-bond acceptors (Lipinski definition) is 3. The Morgan fingerprint density at radius 2 is 1.65 bits per heavy atom. The molecule has 0 spiro atoms. The van der Waals surface area contributed by atoms with Crippen LogP contribution < -0.4 is 5.32 Å². The molecule has 2 N–H and O–H groups in total. The van der Waals surface area contributed by atoms with Crippen molar-refractivity contribution in [1.29, 1.82) is 0 Å². The third kappa shape index (κ3) is 2.32. The molecular formula is C16H27NO3. The zero-order chi connectivity index (χ0) is 14.5. The fourth-order valence-corrected chi connectivity index (χ4v) is 5.02. The van der Waals surface area contributed by atoms with Crippen LogP contribution in [0.25, 0.3) is 0 Å². The Hall–Kier alpha value is -0.770. The molecule has 4 aliphatic carbocycles. The Bertz CT molecular complexity index is 371. The quantitative estimate of drug-likeness (QED) is 0.818. The number of ether oxygens (including phenoxy) is 1. The number of carbonyl (C=O) groups excluding carboxylic acids is 1. The van der Waals surface area contributed by atoms with Crippen LogP contribution >= 0.6 is 0 Å². The summed E-state index contributed by atoms with van der Waals surface area (Å²) in [6.07, 6.45) is 5.61. The van der Waals surface area contributed by atoms with Crippen LogP contribution in [0.5, 0.6) is 0 Å². The van der Waals surface area contributed by atoms with Crippen LogP contribution in [0.3, 0.4) is 0 Å². The molecule has 0 radical (unpaired) electrons. The highest BCUT2D eigenvalue weighted by Crippen LogP contribution is 2.58. The van der Waals surface area contributed by atoms with Crippen LogP contribution in [-0.4, -0.2) is 28.9 Å². The first kappa shape index (κ1) is 14.2. The third-order valence-electron chi connectivity index (χ3n) is 5.59. The normalized spacial score (nSPS) is 42.6. The Morgan fingerprint density at radius 1 is 1.15 bits per heavy atom. The maximum atomic E-state index is 12.2. The highest BCUT2D eigenvalue weighted by atomic mass is 16.6. The maximum absolute atomic E-state index is 12.2. The topological polar surface area (TPSA) is 58.6 Å². The molecule has 0 aromatic carbocycles.